The quantitative estimate of drug-likeness (QED) is 0.0655. The van der Waals surface area contributed by atoms with Gasteiger partial charge in [0, 0.05) is 13.1 Å². The van der Waals surface area contributed by atoms with Gasteiger partial charge in [-0.2, -0.15) is 0 Å². The van der Waals surface area contributed by atoms with Crippen molar-refractivity contribution in [2.75, 3.05) is 61.6 Å². The van der Waals surface area contributed by atoms with Gasteiger partial charge in [-0.3, -0.25) is 5.41 Å². The van der Waals surface area contributed by atoms with Crippen LogP contribution in [-0.4, -0.2) is 94.9 Å². The molecule has 0 aliphatic rings. The molecule has 0 saturated carbocycles. The molecular formula is C48H54N10O8S2. The van der Waals surface area contributed by atoms with Crippen molar-refractivity contribution in [1.82, 2.24) is 39.0 Å². The number of aryl methyl sites for hydroxylation is 4. The summed E-state index contributed by atoms with van der Waals surface area (Å²) in [5, 5.41) is 9.60. The van der Waals surface area contributed by atoms with E-state index in [0.29, 0.717) is 76.9 Å². The van der Waals surface area contributed by atoms with Crippen LogP contribution < -0.4 is 49.1 Å². The predicted octanol–water partition coefficient (Wildman–Crippen LogP) is 8.28. The fourth-order valence-corrected chi connectivity index (χ4v) is 9.07. The second-order valence-corrected chi connectivity index (χ2v) is 16.6. The third-order valence-electron chi connectivity index (χ3n) is 10.5. The summed E-state index contributed by atoms with van der Waals surface area (Å²) in [4.78, 5) is 27.3. The summed E-state index contributed by atoms with van der Waals surface area (Å²) in [5.41, 5.74) is 11.0. The minimum atomic E-state index is 0.145. The standard InChI is InChI=1S/2C24H27N5O4S/c1-5-33-19-12-15(6-8-17(19)31-3)10-11-29-14-26-22(25)21-23(29)28-24(27-21)34-20-13-16(30-2)7-9-18(20)32-4;1-5-33-19-12-15(6-8-17(19)31-3)10-11-29-23-21(22(25)26-14-27-23)28-24(29)34-20-13-16(30-2)7-9-18(20)32-4/h6-9,12-14,25H,5,10-11H2,1-4H3,(H,27,28);6-9,12-14H,5,10-11H2,1-4H3,(H2,25,26,27). The SMILES string of the molecule is CCOc1cc(CCn2c(Sc3cc(OC)ccc3OC)nc3c(N)ncnc32)ccc1OC.CCOc1cc(CCn2cnc(=N)c3[nH]c(Sc4cc(OC)ccc4OC)nc32)ccc1OC. The lowest BCUT2D eigenvalue weighted by Crippen LogP contribution is -2.13. The molecule has 68 heavy (non-hydrogen) atoms. The summed E-state index contributed by atoms with van der Waals surface area (Å²) in [6.07, 6.45) is 4.57. The number of fused-ring (bicyclic) bond motifs is 2. The number of nitrogen functional groups attached to an aromatic ring is 1. The van der Waals surface area contributed by atoms with Crippen LogP contribution in [0, 0.1) is 5.41 Å². The third kappa shape index (κ3) is 11.3. The molecule has 0 aliphatic carbocycles. The number of hydrogen-bond acceptors (Lipinski definition) is 17. The second-order valence-electron chi connectivity index (χ2n) is 14.6. The highest BCUT2D eigenvalue weighted by atomic mass is 32.2. The van der Waals surface area contributed by atoms with Gasteiger partial charge in [-0.1, -0.05) is 12.1 Å². The van der Waals surface area contributed by atoms with Crippen molar-refractivity contribution in [3.63, 3.8) is 0 Å². The van der Waals surface area contributed by atoms with Gasteiger partial charge < -0.3 is 57.7 Å². The number of methoxy groups -OCH3 is 6. The molecule has 0 spiro atoms. The van der Waals surface area contributed by atoms with Gasteiger partial charge in [-0.15, -0.1) is 0 Å². The average molecular weight is 963 g/mol. The van der Waals surface area contributed by atoms with E-state index in [-0.39, 0.29) is 5.49 Å². The van der Waals surface area contributed by atoms with E-state index in [1.165, 1.54) is 29.9 Å². The summed E-state index contributed by atoms with van der Waals surface area (Å²) >= 11 is 2.87. The molecule has 0 aliphatic heterocycles. The normalized spacial score (nSPS) is 10.9. The highest BCUT2D eigenvalue weighted by Crippen LogP contribution is 2.40. The van der Waals surface area contributed by atoms with Crippen LogP contribution in [0.25, 0.3) is 22.3 Å². The maximum Gasteiger partial charge on any atom is 0.175 e. The van der Waals surface area contributed by atoms with Crippen LogP contribution in [0.3, 0.4) is 0 Å². The Labute approximate surface area is 402 Å². The Morgan fingerprint density at radius 2 is 1.16 bits per heavy atom. The molecule has 8 rings (SSSR count). The fourth-order valence-electron chi connectivity index (χ4n) is 7.10. The van der Waals surface area contributed by atoms with E-state index in [9.17, 15) is 0 Å². The van der Waals surface area contributed by atoms with Crippen LogP contribution >= 0.6 is 23.5 Å². The first-order chi connectivity index (χ1) is 33.1. The molecule has 0 bridgehead atoms. The molecule has 8 aromatic rings. The van der Waals surface area contributed by atoms with Crippen molar-refractivity contribution in [2.45, 2.75) is 59.9 Å². The average Bonchev–Trinajstić information content (AvgIpc) is 3.95. The van der Waals surface area contributed by atoms with Crippen molar-refractivity contribution < 1.29 is 37.9 Å². The molecule has 0 fully saturated rings. The third-order valence-corrected chi connectivity index (χ3v) is 12.5. The van der Waals surface area contributed by atoms with Gasteiger partial charge >= 0.3 is 0 Å². The second kappa shape index (κ2) is 22.9. The number of H-pyrrole nitrogens is 1. The van der Waals surface area contributed by atoms with Crippen LogP contribution in [0.4, 0.5) is 5.82 Å². The van der Waals surface area contributed by atoms with Crippen molar-refractivity contribution >= 4 is 51.7 Å². The Morgan fingerprint density at radius 3 is 1.72 bits per heavy atom. The van der Waals surface area contributed by atoms with Crippen molar-refractivity contribution in [3.05, 3.63) is 102 Å². The topological polar surface area (TPSA) is 214 Å². The van der Waals surface area contributed by atoms with Gasteiger partial charge in [0.1, 0.15) is 34.8 Å². The highest BCUT2D eigenvalue weighted by molar-refractivity contribution is 7.99. The van der Waals surface area contributed by atoms with Gasteiger partial charge in [-0.25, -0.2) is 24.9 Å². The van der Waals surface area contributed by atoms with Gasteiger partial charge in [-0.05, 0) is 122 Å². The number of hydrogen-bond donors (Lipinski definition) is 3. The molecule has 0 radical (unpaired) electrons. The minimum Gasteiger partial charge on any atom is -0.497 e. The molecule has 0 saturated heterocycles. The molecule has 18 nitrogen and oxygen atoms in total. The molecule has 0 unspecified atom stereocenters. The van der Waals surface area contributed by atoms with Crippen LogP contribution in [0.2, 0.25) is 0 Å². The zero-order valence-electron chi connectivity index (χ0n) is 39.1. The molecule has 4 aromatic carbocycles. The number of ether oxygens (including phenoxy) is 8. The number of rotatable bonds is 20. The maximum atomic E-state index is 8.23. The number of imidazole rings is 2. The maximum absolute atomic E-state index is 8.23. The Hall–Kier alpha value is -7.32. The molecule has 356 valence electrons. The minimum absolute atomic E-state index is 0.145. The van der Waals surface area contributed by atoms with Gasteiger partial charge in [0.2, 0.25) is 0 Å². The lowest BCUT2D eigenvalue weighted by molar-refractivity contribution is 0.310. The summed E-state index contributed by atoms with van der Waals surface area (Å²) in [7, 11) is 9.78. The van der Waals surface area contributed by atoms with Gasteiger partial charge in [0.05, 0.1) is 72.0 Å². The van der Waals surface area contributed by atoms with Crippen molar-refractivity contribution in [3.8, 4) is 46.0 Å². The number of nitrogens with zero attached hydrogens (tertiary/aromatic N) is 7. The van der Waals surface area contributed by atoms with Crippen LogP contribution in [0.5, 0.6) is 46.0 Å². The smallest absolute Gasteiger partial charge is 0.175 e. The Bertz CT molecular complexity index is 3050. The zero-order chi connectivity index (χ0) is 48.2. The summed E-state index contributed by atoms with van der Waals surface area (Å²) in [6, 6.07) is 23.1. The van der Waals surface area contributed by atoms with Gasteiger partial charge in [0.25, 0.3) is 0 Å². The predicted molar refractivity (Wildman–Crippen MR) is 261 cm³/mol. The van der Waals surface area contributed by atoms with Crippen molar-refractivity contribution in [1.29, 1.82) is 5.41 Å². The van der Waals surface area contributed by atoms with E-state index in [0.717, 1.165) is 67.7 Å². The molecule has 0 atom stereocenters. The monoisotopic (exact) mass is 962 g/mol. The fraction of sp³-hybridized carbons (Fsp3) is 0.292. The van der Waals surface area contributed by atoms with E-state index < -0.39 is 0 Å². The molecular weight excluding hydrogens is 909 g/mol. The van der Waals surface area contributed by atoms with E-state index in [1.54, 1.807) is 49.0 Å². The summed E-state index contributed by atoms with van der Waals surface area (Å²) in [6.45, 7) is 6.28. The van der Waals surface area contributed by atoms with Crippen LogP contribution in [0.15, 0.2) is 106 Å². The lowest BCUT2D eigenvalue weighted by Gasteiger charge is -2.13. The first-order valence-corrected chi connectivity index (χ1v) is 23.1. The van der Waals surface area contributed by atoms with E-state index in [1.807, 2.05) is 95.8 Å². The Balaban J connectivity index is 0.000000201. The molecule has 4 heterocycles. The molecule has 20 heteroatoms. The van der Waals surface area contributed by atoms with E-state index in [4.69, 9.17) is 59.0 Å². The van der Waals surface area contributed by atoms with E-state index in [2.05, 4.69) is 19.9 Å². The van der Waals surface area contributed by atoms with Crippen LogP contribution in [0.1, 0.15) is 25.0 Å². The van der Waals surface area contributed by atoms with E-state index >= 15 is 0 Å². The summed E-state index contributed by atoms with van der Waals surface area (Å²) in [5.74, 6) is 6.10. The number of anilines is 1. The first kappa shape index (κ1) is 48.6. The molecule has 0 amide bonds. The number of nitrogens with two attached hydrogens (primary N) is 1. The number of nitrogens with one attached hydrogen (secondary N) is 2. The molecule has 4 aromatic heterocycles. The summed E-state index contributed by atoms with van der Waals surface area (Å²) < 4.78 is 48.0. The Kier molecular flexibility index (Phi) is 16.4. The number of aromatic amines is 1. The number of aromatic nitrogens is 8. The first-order valence-electron chi connectivity index (χ1n) is 21.5. The van der Waals surface area contributed by atoms with Crippen LogP contribution in [-0.2, 0) is 25.9 Å². The van der Waals surface area contributed by atoms with Gasteiger partial charge in [0.15, 0.2) is 61.4 Å². The lowest BCUT2D eigenvalue weighted by atomic mass is 10.1. The molecule has 4 N–H and O–H groups in total. The van der Waals surface area contributed by atoms with Crippen molar-refractivity contribution in [2.24, 2.45) is 0 Å². The number of benzene rings is 4. The Morgan fingerprint density at radius 1 is 0.603 bits per heavy atom. The highest BCUT2D eigenvalue weighted by Gasteiger charge is 2.19. The zero-order valence-corrected chi connectivity index (χ0v) is 40.7. The largest absolute Gasteiger partial charge is 0.497 e.